The van der Waals surface area contributed by atoms with Gasteiger partial charge in [-0.15, -0.1) is 11.3 Å². The smallest absolute Gasteiger partial charge is 0.244 e. The number of hydrogen-bond donors (Lipinski definition) is 2. The van der Waals surface area contributed by atoms with Gasteiger partial charge in [-0.2, -0.15) is 0 Å². The van der Waals surface area contributed by atoms with E-state index in [9.17, 15) is 4.79 Å². The normalized spacial score (nSPS) is 21.7. The van der Waals surface area contributed by atoms with E-state index < -0.39 is 0 Å². The van der Waals surface area contributed by atoms with Crippen molar-refractivity contribution in [3.05, 3.63) is 57.8 Å². The number of likely N-dealkylation sites (tertiary alicyclic amines) is 1. The molecule has 7 heteroatoms. The third-order valence-corrected chi connectivity index (χ3v) is 7.17. The van der Waals surface area contributed by atoms with Crippen molar-refractivity contribution in [2.75, 3.05) is 26.2 Å². The summed E-state index contributed by atoms with van der Waals surface area (Å²) in [6.07, 6.45) is 2.02. The summed E-state index contributed by atoms with van der Waals surface area (Å²) in [5.74, 6) is 0.836. The highest BCUT2D eigenvalue weighted by Crippen LogP contribution is 2.24. The van der Waals surface area contributed by atoms with Crippen LogP contribution in [0.15, 0.2) is 46.8 Å². The summed E-state index contributed by atoms with van der Waals surface area (Å²) in [5.41, 5.74) is 2.63. The lowest BCUT2D eigenvalue weighted by molar-refractivity contribution is -0.130. The predicted molar refractivity (Wildman–Crippen MR) is 127 cm³/mol. The van der Waals surface area contributed by atoms with Crippen molar-refractivity contribution in [3.63, 3.8) is 0 Å². The third-order valence-electron chi connectivity index (χ3n) is 6.15. The first kappa shape index (κ1) is 21.8. The summed E-state index contributed by atoms with van der Waals surface area (Å²) < 4.78 is 0. The number of hydrogen-bond acceptors (Lipinski definition) is 4. The molecule has 0 radical (unpaired) electrons. The minimum atomic E-state index is 0.0968. The molecule has 0 spiro atoms. The summed E-state index contributed by atoms with van der Waals surface area (Å²) in [7, 11) is 0. The van der Waals surface area contributed by atoms with Crippen LogP contribution in [0.1, 0.15) is 36.3 Å². The fraction of sp³-hybridized carbons (Fsp3) is 0.500. The van der Waals surface area contributed by atoms with Gasteiger partial charge in [-0.25, -0.2) is 4.99 Å². The maximum absolute atomic E-state index is 12.7. The molecule has 2 unspecified atom stereocenters. The second kappa shape index (κ2) is 10.3. The van der Waals surface area contributed by atoms with Crippen LogP contribution < -0.4 is 10.6 Å². The van der Waals surface area contributed by atoms with Gasteiger partial charge in [0.1, 0.15) is 6.54 Å². The molecule has 2 aliphatic rings. The molecule has 2 N–H and O–H groups in total. The van der Waals surface area contributed by atoms with Crippen LogP contribution in [0.5, 0.6) is 0 Å². The molecule has 31 heavy (non-hydrogen) atoms. The molecule has 3 heterocycles. The first-order valence-electron chi connectivity index (χ1n) is 11.3. The van der Waals surface area contributed by atoms with E-state index in [4.69, 9.17) is 0 Å². The van der Waals surface area contributed by atoms with Crippen LogP contribution in [0.3, 0.4) is 0 Å². The third kappa shape index (κ3) is 5.66. The van der Waals surface area contributed by atoms with Crippen LogP contribution in [0.4, 0.5) is 0 Å². The van der Waals surface area contributed by atoms with Gasteiger partial charge in [0, 0.05) is 49.7 Å². The highest BCUT2D eigenvalue weighted by atomic mass is 32.1. The van der Waals surface area contributed by atoms with Gasteiger partial charge in [-0.3, -0.25) is 9.69 Å². The van der Waals surface area contributed by atoms with Crippen LogP contribution in [0.25, 0.3) is 0 Å². The molecular formula is C24H33N5OS. The van der Waals surface area contributed by atoms with Crippen molar-refractivity contribution in [2.24, 2.45) is 4.99 Å². The number of carbonyl (C=O) groups excluding carboxylic acids is 1. The van der Waals surface area contributed by atoms with Gasteiger partial charge in [0.15, 0.2) is 5.96 Å². The van der Waals surface area contributed by atoms with Crippen LogP contribution in [0.2, 0.25) is 0 Å². The Morgan fingerprint density at radius 1 is 1.26 bits per heavy atom. The molecule has 6 nitrogen and oxygen atoms in total. The average molecular weight is 440 g/mol. The molecule has 0 saturated carbocycles. The lowest BCUT2D eigenvalue weighted by Gasteiger charge is -2.26. The standard InChI is InChI=1S/C24H33N5OS/c1-3-25-24(26-14-23(30)28-11-9-22-20(16-28)10-12-31-22)27-21-13-18(2)29(17-21)15-19-7-5-4-6-8-19/h4-8,10,12,18,21H,3,9,11,13-17H2,1-2H3,(H2,25,26,27). The van der Waals surface area contributed by atoms with Gasteiger partial charge in [0.2, 0.25) is 5.91 Å². The van der Waals surface area contributed by atoms with Gasteiger partial charge in [0.25, 0.3) is 0 Å². The molecular weight excluding hydrogens is 406 g/mol. The van der Waals surface area contributed by atoms with E-state index in [1.165, 1.54) is 16.0 Å². The monoisotopic (exact) mass is 439 g/mol. The highest BCUT2D eigenvalue weighted by Gasteiger charge is 2.29. The molecule has 2 aromatic rings. The first-order chi connectivity index (χ1) is 15.1. The fourth-order valence-electron chi connectivity index (χ4n) is 4.46. The van der Waals surface area contributed by atoms with E-state index >= 15 is 0 Å². The topological polar surface area (TPSA) is 60.0 Å². The summed E-state index contributed by atoms with van der Waals surface area (Å²) >= 11 is 1.79. The second-order valence-electron chi connectivity index (χ2n) is 8.47. The Kier molecular flexibility index (Phi) is 7.25. The van der Waals surface area contributed by atoms with Gasteiger partial charge in [-0.1, -0.05) is 30.3 Å². The Hall–Kier alpha value is -2.38. The molecule has 1 saturated heterocycles. The molecule has 1 amide bonds. The van der Waals surface area contributed by atoms with Crippen molar-refractivity contribution in [2.45, 2.75) is 51.9 Å². The minimum absolute atomic E-state index is 0.0968. The molecule has 2 atom stereocenters. The minimum Gasteiger partial charge on any atom is -0.357 e. The largest absolute Gasteiger partial charge is 0.357 e. The Morgan fingerprint density at radius 2 is 2.10 bits per heavy atom. The molecule has 2 aliphatic heterocycles. The zero-order valence-corrected chi connectivity index (χ0v) is 19.3. The number of carbonyl (C=O) groups is 1. The predicted octanol–water partition coefficient (Wildman–Crippen LogP) is 2.85. The number of rotatable bonds is 6. The Balaban J connectivity index is 1.31. The lowest BCUT2D eigenvalue weighted by Crippen LogP contribution is -2.45. The van der Waals surface area contributed by atoms with E-state index in [-0.39, 0.29) is 12.5 Å². The van der Waals surface area contributed by atoms with Crippen molar-refractivity contribution in [1.29, 1.82) is 0 Å². The number of aliphatic imine (C=N–C) groups is 1. The van der Waals surface area contributed by atoms with E-state index in [0.29, 0.717) is 18.6 Å². The summed E-state index contributed by atoms with van der Waals surface area (Å²) in [4.78, 5) is 23.2. The SMILES string of the molecule is CCNC(=NCC(=O)N1CCc2sccc2C1)NC1CC(C)N(Cc2ccccc2)C1. The Morgan fingerprint density at radius 3 is 2.90 bits per heavy atom. The van der Waals surface area contributed by atoms with Crippen LogP contribution >= 0.6 is 11.3 Å². The summed E-state index contributed by atoms with van der Waals surface area (Å²) in [5, 5.41) is 8.99. The fourth-order valence-corrected chi connectivity index (χ4v) is 5.35. The Labute approximate surface area is 189 Å². The van der Waals surface area contributed by atoms with E-state index in [1.807, 2.05) is 4.90 Å². The van der Waals surface area contributed by atoms with Crippen LogP contribution in [0, 0.1) is 0 Å². The summed E-state index contributed by atoms with van der Waals surface area (Å²) in [6.45, 7) is 8.75. The quantitative estimate of drug-likeness (QED) is 0.537. The van der Waals surface area contributed by atoms with Crippen molar-refractivity contribution < 1.29 is 4.79 Å². The van der Waals surface area contributed by atoms with Gasteiger partial charge < -0.3 is 15.5 Å². The number of fused-ring (bicyclic) bond motifs is 1. The Bertz CT molecular complexity index is 896. The molecule has 1 aromatic heterocycles. The second-order valence-corrected chi connectivity index (χ2v) is 9.47. The van der Waals surface area contributed by atoms with Crippen LogP contribution in [-0.2, 0) is 24.3 Å². The molecule has 0 aliphatic carbocycles. The van der Waals surface area contributed by atoms with Gasteiger partial charge >= 0.3 is 0 Å². The highest BCUT2D eigenvalue weighted by molar-refractivity contribution is 7.10. The average Bonchev–Trinajstić information content (AvgIpc) is 3.38. The summed E-state index contributed by atoms with van der Waals surface area (Å²) in [6, 6.07) is 13.6. The van der Waals surface area contributed by atoms with Gasteiger partial charge in [0.05, 0.1) is 0 Å². The van der Waals surface area contributed by atoms with E-state index in [2.05, 4.69) is 76.2 Å². The van der Waals surface area contributed by atoms with Crippen LogP contribution in [-0.4, -0.2) is 59.9 Å². The number of benzene rings is 1. The zero-order chi connectivity index (χ0) is 21.6. The maximum Gasteiger partial charge on any atom is 0.244 e. The first-order valence-corrected chi connectivity index (χ1v) is 12.2. The number of thiophene rings is 1. The van der Waals surface area contributed by atoms with Gasteiger partial charge in [-0.05, 0) is 49.3 Å². The van der Waals surface area contributed by atoms with E-state index in [0.717, 1.165) is 45.0 Å². The molecule has 1 fully saturated rings. The number of nitrogens with zero attached hydrogens (tertiary/aromatic N) is 3. The van der Waals surface area contributed by atoms with Crippen molar-refractivity contribution >= 4 is 23.2 Å². The zero-order valence-electron chi connectivity index (χ0n) is 18.5. The van der Waals surface area contributed by atoms with Crippen molar-refractivity contribution in [1.82, 2.24) is 20.4 Å². The number of nitrogens with one attached hydrogen (secondary N) is 2. The van der Waals surface area contributed by atoms with E-state index in [1.54, 1.807) is 11.3 Å². The number of guanidine groups is 1. The lowest BCUT2D eigenvalue weighted by atomic mass is 10.1. The maximum atomic E-state index is 12.7. The molecule has 0 bridgehead atoms. The van der Waals surface area contributed by atoms with Crippen molar-refractivity contribution in [3.8, 4) is 0 Å². The molecule has 4 rings (SSSR count). The molecule has 1 aromatic carbocycles. The molecule has 166 valence electrons. The number of amides is 1.